The molecule has 1 aliphatic rings. The van der Waals surface area contributed by atoms with Crippen molar-refractivity contribution in [2.45, 2.75) is 39.0 Å². The molecule has 1 heteroatoms. The zero-order chi connectivity index (χ0) is 34.5. The van der Waals surface area contributed by atoms with Crippen LogP contribution in [-0.2, 0) is 5.41 Å². The van der Waals surface area contributed by atoms with E-state index in [0.717, 1.165) is 18.5 Å². The number of anilines is 2. The molecule has 8 aromatic rings. The minimum Gasteiger partial charge on any atom is -0.311 e. The van der Waals surface area contributed by atoms with Crippen molar-refractivity contribution in [1.29, 1.82) is 0 Å². The Kier molecular flexibility index (Phi) is 7.59. The summed E-state index contributed by atoms with van der Waals surface area (Å²) in [7, 11) is 0. The summed E-state index contributed by atoms with van der Waals surface area (Å²) < 4.78 is 0. The van der Waals surface area contributed by atoms with Gasteiger partial charge in [-0.05, 0) is 132 Å². The minimum atomic E-state index is 0.111. The quantitative estimate of drug-likeness (QED) is 0.167. The Morgan fingerprint density at radius 2 is 1.04 bits per heavy atom. The lowest BCUT2D eigenvalue weighted by Gasteiger charge is -2.29. The summed E-state index contributed by atoms with van der Waals surface area (Å²) in [6.45, 7) is 6.82. The third kappa shape index (κ3) is 5.50. The maximum Gasteiger partial charge on any atom is 0.0461 e. The van der Waals surface area contributed by atoms with Gasteiger partial charge in [0.1, 0.15) is 0 Å². The van der Waals surface area contributed by atoms with Gasteiger partial charge in [0.05, 0.1) is 0 Å². The van der Waals surface area contributed by atoms with Crippen LogP contribution in [0.2, 0.25) is 0 Å². The SMILES string of the molecule is CC(C)(C)c1ccc(N(C2=CCCC=C2)c2ccc(-c3cc4cc(-c5cccc6ccccc56)c5ccccc5c4c4ccccc34)cc2)cc1. The van der Waals surface area contributed by atoms with Gasteiger partial charge in [0, 0.05) is 17.1 Å². The van der Waals surface area contributed by atoms with Crippen LogP contribution < -0.4 is 4.90 Å². The van der Waals surface area contributed by atoms with Gasteiger partial charge in [-0.15, -0.1) is 0 Å². The number of allylic oxidation sites excluding steroid dienone is 3. The Balaban J connectivity index is 1.21. The molecular weight excluding hydrogens is 615 g/mol. The van der Waals surface area contributed by atoms with Crippen LogP contribution in [0.25, 0.3) is 65.3 Å². The van der Waals surface area contributed by atoms with Crippen LogP contribution in [0.4, 0.5) is 11.4 Å². The van der Waals surface area contributed by atoms with Crippen molar-refractivity contribution in [3.63, 3.8) is 0 Å². The second kappa shape index (κ2) is 12.4. The molecule has 0 radical (unpaired) electrons. The fourth-order valence-corrected chi connectivity index (χ4v) is 8.02. The van der Waals surface area contributed by atoms with Gasteiger partial charge in [-0.2, -0.15) is 0 Å². The molecule has 1 nitrogen and oxygen atoms in total. The first kappa shape index (κ1) is 31.1. The summed E-state index contributed by atoms with van der Waals surface area (Å²) in [5.41, 5.74) is 10.0. The van der Waals surface area contributed by atoms with Gasteiger partial charge in [0.25, 0.3) is 0 Å². The smallest absolute Gasteiger partial charge is 0.0461 e. The highest BCUT2D eigenvalue weighted by Gasteiger charge is 2.19. The Morgan fingerprint density at radius 1 is 0.471 bits per heavy atom. The van der Waals surface area contributed by atoms with Gasteiger partial charge in [-0.3, -0.25) is 0 Å². The molecule has 9 rings (SSSR count). The van der Waals surface area contributed by atoms with Crippen LogP contribution in [0.1, 0.15) is 39.2 Å². The zero-order valence-corrected chi connectivity index (χ0v) is 29.5. The Hall–Kier alpha value is -5.92. The molecule has 0 aromatic heterocycles. The summed E-state index contributed by atoms with van der Waals surface area (Å²) in [6.07, 6.45) is 9.06. The average Bonchev–Trinajstić information content (AvgIpc) is 3.17. The Labute approximate surface area is 300 Å². The van der Waals surface area contributed by atoms with E-state index < -0.39 is 0 Å². The zero-order valence-electron chi connectivity index (χ0n) is 29.5. The molecule has 0 saturated heterocycles. The largest absolute Gasteiger partial charge is 0.311 e. The molecule has 246 valence electrons. The predicted molar refractivity (Wildman–Crippen MR) is 221 cm³/mol. The Morgan fingerprint density at radius 3 is 1.69 bits per heavy atom. The summed E-state index contributed by atoms with van der Waals surface area (Å²) in [6, 6.07) is 56.4. The van der Waals surface area contributed by atoms with Gasteiger partial charge in [0.15, 0.2) is 0 Å². The molecule has 51 heavy (non-hydrogen) atoms. The minimum absolute atomic E-state index is 0.111. The first-order chi connectivity index (χ1) is 24.9. The number of hydrogen-bond donors (Lipinski definition) is 0. The van der Waals surface area contributed by atoms with Crippen LogP contribution >= 0.6 is 0 Å². The van der Waals surface area contributed by atoms with E-state index in [-0.39, 0.29) is 5.41 Å². The summed E-state index contributed by atoms with van der Waals surface area (Å²) in [4.78, 5) is 2.40. The molecular formula is C50H41N. The summed E-state index contributed by atoms with van der Waals surface area (Å²) >= 11 is 0. The lowest BCUT2D eigenvalue weighted by atomic mass is 9.86. The van der Waals surface area contributed by atoms with E-state index in [1.54, 1.807) is 0 Å². The van der Waals surface area contributed by atoms with E-state index in [2.05, 4.69) is 196 Å². The molecule has 0 atom stereocenters. The van der Waals surface area contributed by atoms with Crippen molar-refractivity contribution in [2.24, 2.45) is 0 Å². The van der Waals surface area contributed by atoms with Crippen LogP contribution in [0, 0.1) is 0 Å². The number of rotatable bonds is 5. The number of fused-ring (bicyclic) bond motifs is 6. The van der Waals surface area contributed by atoms with E-state index in [1.807, 2.05) is 0 Å². The molecule has 8 aromatic carbocycles. The Bertz CT molecular complexity index is 2640. The van der Waals surface area contributed by atoms with Gasteiger partial charge >= 0.3 is 0 Å². The van der Waals surface area contributed by atoms with Crippen LogP contribution in [-0.4, -0.2) is 0 Å². The summed E-state index contributed by atoms with van der Waals surface area (Å²) in [5, 5.41) is 10.2. The normalized spacial score (nSPS) is 13.3. The molecule has 0 spiro atoms. The van der Waals surface area contributed by atoms with Crippen molar-refractivity contribution in [3.8, 4) is 22.3 Å². The molecule has 0 fully saturated rings. The van der Waals surface area contributed by atoms with Gasteiger partial charge in [-0.1, -0.05) is 148 Å². The first-order valence-corrected chi connectivity index (χ1v) is 18.2. The van der Waals surface area contributed by atoms with E-state index in [1.165, 1.54) is 82.3 Å². The van der Waals surface area contributed by atoms with Crippen LogP contribution in [0.5, 0.6) is 0 Å². The molecule has 0 aliphatic heterocycles. The maximum atomic E-state index is 2.43. The molecule has 0 N–H and O–H groups in total. The average molecular weight is 656 g/mol. The van der Waals surface area contributed by atoms with Gasteiger partial charge < -0.3 is 4.90 Å². The van der Waals surface area contributed by atoms with Crippen molar-refractivity contribution >= 4 is 54.5 Å². The van der Waals surface area contributed by atoms with E-state index in [9.17, 15) is 0 Å². The lowest BCUT2D eigenvalue weighted by molar-refractivity contribution is 0.590. The van der Waals surface area contributed by atoms with E-state index >= 15 is 0 Å². The standard InChI is InChI=1S/C50H41N/c1-50(2,3)37-26-30-40(31-27-37)51(38-16-5-4-6-17-38)39-28-24-35(25-29-39)47-32-36-33-48(42-23-13-15-34-14-7-8-18-41(34)42)44-20-10-12-22-46(44)49(36)45-21-11-9-19-43(45)47/h5,7-33H,4,6H2,1-3H3. The maximum absolute atomic E-state index is 2.43. The van der Waals surface area contributed by atoms with Crippen molar-refractivity contribution in [2.75, 3.05) is 4.90 Å². The third-order valence-electron chi connectivity index (χ3n) is 10.6. The third-order valence-corrected chi connectivity index (χ3v) is 10.6. The highest BCUT2D eigenvalue weighted by Crippen LogP contribution is 2.44. The molecule has 0 amide bonds. The highest BCUT2D eigenvalue weighted by atomic mass is 15.1. The summed E-state index contributed by atoms with van der Waals surface area (Å²) in [5.74, 6) is 0. The molecule has 0 unspecified atom stereocenters. The van der Waals surface area contributed by atoms with Crippen LogP contribution in [0.15, 0.2) is 176 Å². The molecule has 0 heterocycles. The van der Waals surface area contributed by atoms with Crippen molar-refractivity contribution in [3.05, 3.63) is 181 Å². The fraction of sp³-hybridized carbons (Fsp3) is 0.120. The number of nitrogens with zero attached hydrogens (tertiary/aromatic N) is 1. The highest BCUT2D eigenvalue weighted by molar-refractivity contribution is 6.26. The van der Waals surface area contributed by atoms with Crippen LogP contribution in [0.3, 0.4) is 0 Å². The lowest BCUT2D eigenvalue weighted by Crippen LogP contribution is -2.17. The monoisotopic (exact) mass is 655 g/mol. The van der Waals surface area contributed by atoms with Gasteiger partial charge in [-0.25, -0.2) is 0 Å². The van der Waals surface area contributed by atoms with Gasteiger partial charge in [0.2, 0.25) is 0 Å². The topological polar surface area (TPSA) is 3.24 Å². The van der Waals surface area contributed by atoms with E-state index in [0.29, 0.717) is 0 Å². The first-order valence-electron chi connectivity index (χ1n) is 18.2. The molecule has 0 saturated carbocycles. The predicted octanol–water partition coefficient (Wildman–Crippen LogP) is 14.3. The number of hydrogen-bond acceptors (Lipinski definition) is 1. The van der Waals surface area contributed by atoms with Crippen molar-refractivity contribution in [1.82, 2.24) is 0 Å². The fourth-order valence-electron chi connectivity index (χ4n) is 8.02. The number of benzene rings is 8. The molecule has 1 aliphatic carbocycles. The second-order valence-corrected chi connectivity index (χ2v) is 14.9. The van der Waals surface area contributed by atoms with Crippen molar-refractivity contribution < 1.29 is 0 Å². The molecule has 0 bridgehead atoms. The second-order valence-electron chi connectivity index (χ2n) is 14.9. The van der Waals surface area contributed by atoms with E-state index in [4.69, 9.17) is 0 Å².